The van der Waals surface area contributed by atoms with Crippen LogP contribution in [0.25, 0.3) is 0 Å². The van der Waals surface area contributed by atoms with E-state index in [1.807, 2.05) is 0 Å². The van der Waals surface area contributed by atoms with E-state index in [9.17, 15) is 19.7 Å². The molecule has 1 heterocycles. The molecule has 1 aromatic carbocycles. The molecule has 0 radical (unpaired) electrons. The number of nitrogens with zero attached hydrogens (tertiary/aromatic N) is 2. The van der Waals surface area contributed by atoms with Gasteiger partial charge in [-0.05, 0) is 6.07 Å². The van der Waals surface area contributed by atoms with Gasteiger partial charge in [0, 0.05) is 31.0 Å². The molecule has 1 aliphatic heterocycles. The molecule has 1 amide bonds. The van der Waals surface area contributed by atoms with Crippen molar-refractivity contribution in [3.63, 3.8) is 0 Å². The van der Waals surface area contributed by atoms with Gasteiger partial charge in [-0.25, -0.2) is 0 Å². The molecule has 1 fully saturated rings. The molecule has 24 heavy (non-hydrogen) atoms. The van der Waals surface area contributed by atoms with E-state index in [4.69, 9.17) is 21.1 Å². The van der Waals surface area contributed by atoms with Crippen molar-refractivity contribution in [2.75, 3.05) is 32.6 Å². The number of benzene rings is 1. The maximum atomic E-state index is 12.2. The average molecular weight is 375 g/mol. The number of esters is 1. The van der Waals surface area contributed by atoms with Crippen LogP contribution in [-0.4, -0.2) is 59.5 Å². The molecule has 0 spiro atoms. The molecule has 1 aliphatic rings. The van der Waals surface area contributed by atoms with Gasteiger partial charge in [0.2, 0.25) is 0 Å². The van der Waals surface area contributed by atoms with Gasteiger partial charge in [-0.2, -0.15) is 0 Å². The summed E-state index contributed by atoms with van der Waals surface area (Å²) in [6.45, 7) is 0.498. The van der Waals surface area contributed by atoms with Crippen molar-refractivity contribution >= 4 is 40.9 Å². The molecule has 1 saturated heterocycles. The predicted octanol–water partition coefficient (Wildman–Crippen LogP) is 1.74. The fourth-order valence-electron chi connectivity index (χ4n) is 2.10. The summed E-state index contributed by atoms with van der Waals surface area (Å²) >= 11 is 7.35. The van der Waals surface area contributed by atoms with Crippen LogP contribution in [0.1, 0.15) is 0 Å². The third kappa shape index (κ3) is 4.51. The largest absolute Gasteiger partial charge is 0.482 e. The molecule has 0 N–H and O–H groups in total. The zero-order valence-electron chi connectivity index (χ0n) is 12.8. The summed E-state index contributed by atoms with van der Waals surface area (Å²) < 4.78 is 10.0. The third-order valence-electron chi connectivity index (χ3n) is 3.36. The minimum atomic E-state index is -0.570. The molecule has 1 atom stereocenters. The van der Waals surface area contributed by atoms with Crippen molar-refractivity contribution in [2.45, 2.75) is 5.25 Å². The highest BCUT2D eigenvalue weighted by molar-refractivity contribution is 8.00. The Morgan fingerprint density at radius 3 is 2.88 bits per heavy atom. The number of ether oxygens (including phenoxy) is 2. The number of nitro benzene ring substituents is 1. The second-order valence-electron chi connectivity index (χ2n) is 4.88. The number of non-ortho nitro benzene ring substituents is 1. The maximum Gasteiger partial charge on any atom is 0.320 e. The lowest BCUT2D eigenvalue weighted by atomic mass is 10.3. The molecule has 1 aromatic rings. The monoisotopic (exact) mass is 374 g/mol. The molecule has 2 rings (SSSR count). The van der Waals surface area contributed by atoms with E-state index in [0.29, 0.717) is 12.3 Å². The maximum absolute atomic E-state index is 12.2. The molecule has 130 valence electrons. The van der Waals surface area contributed by atoms with E-state index in [0.717, 1.165) is 6.07 Å². The minimum absolute atomic E-state index is 0.0543. The van der Waals surface area contributed by atoms with Crippen LogP contribution in [0.3, 0.4) is 0 Å². The Kier molecular flexibility index (Phi) is 6.27. The van der Waals surface area contributed by atoms with E-state index in [-0.39, 0.29) is 41.5 Å². The normalized spacial score (nSPS) is 17.2. The molecular weight excluding hydrogens is 360 g/mol. The Morgan fingerprint density at radius 2 is 2.25 bits per heavy atom. The highest BCUT2D eigenvalue weighted by Gasteiger charge is 2.29. The van der Waals surface area contributed by atoms with Crippen molar-refractivity contribution < 1.29 is 24.0 Å². The van der Waals surface area contributed by atoms with Crippen LogP contribution < -0.4 is 4.74 Å². The molecule has 10 heteroatoms. The smallest absolute Gasteiger partial charge is 0.320 e. The second-order valence-corrected chi connectivity index (χ2v) is 6.60. The van der Waals surface area contributed by atoms with Crippen LogP contribution in [0, 0.1) is 10.1 Å². The van der Waals surface area contributed by atoms with Gasteiger partial charge in [-0.1, -0.05) is 11.6 Å². The summed E-state index contributed by atoms with van der Waals surface area (Å²) in [6, 6.07) is 3.75. The average Bonchev–Trinajstić information content (AvgIpc) is 2.59. The highest BCUT2D eigenvalue weighted by Crippen LogP contribution is 2.28. The topological polar surface area (TPSA) is 99.0 Å². The van der Waals surface area contributed by atoms with Crippen molar-refractivity contribution in [2.24, 2.45) is 0 Å². The number of nitro groups is 1. The summed E-state index contributed by atoms with van der Waals surface area (Å²) in [5.41, 5.74) is -0.160. The number of carbonyl (C=O) groups is 2. The van der Waals surface area contributed by atoms with Crippen LogP contribution in [0.4, 0.5) is 5.69 Å². The number of rotatable bonds is 5. The van der Waals surface area contributed by atoms with Crippen LogP contribution >= 0.6 is 23.4 Å². The summed E-state index contributed by atoms with van der Waals surface area (Å²) in [6.07, 6.45) is 0. The number of carbonyl (C=O) groups excluding carboxylic acids is 2. The van der Waals surface area contributed by atoms with Gasteiger partial charge in [-0.15, -0.1) is 11.8 Å². The van der Waals surface area contributed by atoms with Crippen molar-refractivity contribution in [1.29, 1.82) is 0 Å². The fraction of sp³-hybridized carbons (Fsp3) is 0.429. The summed E-state index contributed by atoms with van der Waals surface area (Å²) in [4.78, 5) is 35.4. The Balaban J connectivity index is 1.93. The zero-order valence-corrected chi connectivity index (χ0v) is 14.3. The van der Waals surface area contributed by atoms with Gasteiger partial charge in [0.15, 0.2) is 6.61 Å². The number of methoxy groups -OCH3 is 1. The van der Waals surface area contributed by atoms with Gasteiger partial charge < -0.3 is 14.4 Å². The lowest BCUT2D eigenvalue weighted by molar-refractivity contribution is -0.384. The van der Waals surface area contributed by atoms with Crippen molar-refractivity contribution in [3.8, 4) is 5.75 Å². The molecule has 0 aliphatic carbocycles. The molecule has 0 aromatic heterocycles. The van der Waals surface area contributed by atoms with Crippen LogP contribution in [0.5, 0.6) is 5.75 Å². The van der Waals surface area contributed by atoms with Gasteiger partial charge in [0.05, 0.1) is 17.1 Å². The van der Waals surface area contributed by atoms with E-state index >= 15 is 0 Å². The standard InChI is InChI=1S/C14H15ClN2O6S/c1-22-14(19)12-7-16(4-5-24-12)13(18)8-23-11-3-2-9(17(20)21)6-10(11)15/h2-3,6,12H,4-5,7-8H2,1H3/t12-/m0/s1. The minimum Gasteiger partial charge on any atom is -0.482 e. The zero-order chi connectivity index (χ0) is 17.7. The van der Waals surface area contributed by atoms with Gasteiger partial charge >= 0.3 is 5.97 Å². The fourth-order valence-corrected chi connectivity index (χ4v) is 3.46. The number of halogens is 1. The number of thioether (sulfide) groups is 1. The molecule has 0 bridgehead atoms. The number of hydrogen-bond donors (Lipinski definition) is 0. The second kappa shape index (κ2) is 8.20. The first-order valence-corrected chi connectivity index (χ1v) is 8.39. The molecule has 0 unspecified atom stereocenters. The van der Waals surface area contributed by atoms with E-state index < -0.39 is 10.2 Å². The number of hydrogen-bond acceptors (Lipinski definition) is 7. The van der Waals surface area contributed by atoms with E-state index in [1.165, 1.54) is 35.9 Å². The van der Waals surface area contributed by atoms with Crippen LogP contribution in [-0.2, 0) is 14.3 Å². The summed E-state index contributed by atoms with van der Waals surface area (Å²) in [7, 11) is 1.31. The number of amides is 1. The Morgan fingerprint density at radius 1 is 1.50 bits per heavy atom. The summed E-state index contributed by atoms with van der Waals surface area (Å²) in [5.74, 6) is 0.158. The van der Waals surface area contributed by atoms with Gasteiger partial charge in [0.25, 0.3) is 11.6 Å². The molecule has 8 nitrogen and oxygen atoms in total. The summed E-state index contributed by atoms with van der Waals surface area (Å²) in [5, 5.41) is 10.3. The first-order chi connectivity index (χ1) is 11.4. The predicted molar refractivity (Wildman–Crippen MR) is 88.4 cm³/mol. The van der Waals surface area contributed by atoms with Crippen molar-refractivity contribution in [1.82, 2.24) is 4.90 Å². The lowest BCUT2D eigenvalue weighted by Gasteiger charge is -2.30. The van der Waals surface area contributed by atoms with E-state index in [1.54, 1.807) is 0 Å². The Bertz CT molecular complexity index is 656. The SMILES string of the molecule is COC(=O)[C@@H]1CN(C(=O)COc2ccc([N+](=O)[O-])cc2Cl)CCS1. The van der Waals surface area contributed by atoms with Crippen LogP contribution in [0.15, 0.2) is 18.2 Å². The Hall–Kier alpha value is -2.00. The molecule has 0 saturated carbocycles. The quantitative estimate of drug-likeness (QED) is 0.439. The van der Waals surface area contributed by atoms with E-state index in [2.05, 4.69) is 0 Å². The first kappa shape index (κ1) is 18.3. The van der Waals surface area contributed by atoms with Gasteiger partial charge in [0.1, 0.15) is 11.0 Å². The Labute approximate surface area is 147 Å². The molecular formula is C14H15ClN2O6S. The highest BCUT2D eigenvalue weighted by atomic mass is 35.5. The first-order valence-electron chi connectivity index (χ1n) is 6.96. The van der Waals surface area contributed by atoms with Crippen molar-refractivity contribution in [3.05, 3.63) is 33.3 Å². The van der Waals surface area contributed by atoms with Crippen LogP contribution in [0.2, 0.25) is 5.02 Å². The third-order valence-corrected chi connectivity index (χ3v) is 4.82. The lowest BCUT2D eigenvalue weighted by Crippen LogP contribution is -2.46. The van der Waals surface area contributed by atoms with Gasteiger partial charge in [-0.3, -0.25) is 19.7 Å².